The average Bonchev–Trinajstić information content (AvgIpc) is 2.99. The van der Waals surface area contributed by atoms with Gasteiger partial charge >= 0.3 is 0 Å². The fraction of sp³-hybridized carbons (Fsp3) is 0. The van der Waals surface area contributed by atoms with E-state index in [-0.39, 0.29) is 37.0 Å². The summed E-state index contributed by atoms with van der Waals surface area (Å²) in [5.41, 5.74) is 0.973. The summed E-state index contributed by atoms with van der Waals surface area (Å²) < 4.78 is 0. The predicted molar refractivity (Wildman–Crippen MR) is 136 cm³/mol. The molecule has 34 heavy (non-hydrogen) atoms. The van der Waals surface area contributed by atoms with Crippen LogP contribution >= 0.6 is 58.0 Å². The number of halogens is 5. The molecule has 2 N–H and O–H groups in total. The van der Waals surface area contributed by atoms with Crippen LogP contribution in [0.25, 0.3) is 0 Å². The fourth-order valence-electron chi connectivity index (χ4n) is 3.19. The molecule has 0 bridgehead atoms. The fourth-order valence-corrected chi connectivity index (χ4v) is 4.27. The van der Waals surface area contributed by atoms with E-state index in [4.69, 9.17) is 58.0 Å². The van der Waals surface area contributed by atoms with Crippen molar-refractivity contribution < 1.29 is 14.4 Å². The molecule has 3 amide bonds. The molecule has 0 saturated heterocycles. The number of nitrogens with one attached hydrogen (secondary N) is 2. The number of imide groups is 1. The summed E-state index contributed by atoms with van der Waals surface area (Å²) >= 11 is 30.3. The van der Waals surface area contributed by atoms with Crippen LogP contribution in [-0.2, 0) is 9.59 Å². The molecular weight excluding hydrogens is 544 g/mol. The first-order valence-corrected chi connectivity index (χ1v) is 11.4. The molecule has 1 heterocycles. The van der Waals surface area contributed by atoms with Crippen LogP contribution in [0, 0.1) is 0 Å². The van der Waals surface area contributed by atoms with Crippen molar-refractivity contribution >= 4 is 92.8 Å². The van der Waals surface area contributed by atoms with E-state index in [0.29, 0.717) is 16.4 Å². The molecule has 3 aromatic rings. The van der Waals surface area contributed by atoms with Crippen molar-refractivity contribution in [3.8, 4) is 0 Å². The monoisotopic (exact) mass is 553 g/mol. The molecule has 11 heteroatoms. The molecule has 3 aromatic carbocycles. The third-order valence-corrected chi connectivity index (χ3v) is 6.33. The number of anilines is 3. The van der Waals surface area contributed by atoms with Gasteiger partial charge in [0.2, 0.25) is 0 Å². The topological polar surface area (TPSA) is 78.5 Å². The van der Waals surface area contributed by atoms with Gasteiger partial charge < -0.3 is 10.6 Å². The summed E-state index contributed by atoms with van der Waals surface area (Å²) in [7, 11) is 0. The molecule has 0 radical (unpaired) electrons. The lowest BCUT2D eigenvalue weighted by Gasteiger charge is -2.16. The normalized spacial score (nSPS) is 13.5. The summed E-state index contributed by atoms with van der Waals surface area (Å²) in [5, 5.41) is 6.18. The smallest absolute Gasteiger partial charge is 0.283 e. The molecule has 0 spiro atoms. The Hall–Kier alpha value is -2.74. The number of rotatable bonds is 5. The van der Waals surface area contributed by atoms with Gasteiger partial charge in [0.25, 0.3) is 17.7 Å². The molecule has 0 fully saturated rings. The first kappa shape index (κ1) is 24.4. The van der Waals surface area contributed by atoms with Gasteiger partial charge in [-0.1, -0.05) is 70.1 Å². The van der Waals surface area contributed by atoms with E-state index in [2.05, 4.69) is 10.6 Å². The molecule has 0 aliphatic carbocycles. The standard InChI is InChI=1S/C23H12Cl5N3O3/c24-12-8-13(25)10-15(9-12)31-22(33)19(28)20(23(31)34)29-14-4-1-3-11(7-14)21(32)30-17-6-2-5-16(26)18(17)27/h1-10,29H,(H,30,32). The van der Waals surface area contributed by atoms with E-state index in [1.165, 1.54) is 24.3 Å². The number of benzene rings is 3. The highest BCUT2D eigenvalue weighted by molar-refractivity contribution is 6.53. The van der Waals surface area contributed by atoms with E-state index in [1.807, 2.05) is 0 Å². The van der Waals surface area contributed by atoms with Crippen LogP contribution in [0.1, 0.15) is 10.4 Å². The van der Waals surface area contributed by atoms with Crippen LogP contribution in [0.5, 0.6) is 0 Å². The van der Waals surface area contributed by atoms with Crippen molar-refractivity contribution in [1.82, 2.24) is 0 Å². The van der Waals surface area contributed by atoms with Crippen molar-refractivity contribution in [2.75, 3.05) is 15.5 Å². The lowest BCUT2D eigenvalue weighted by atomic mass is 10.1. The molecule has 172 valence electrons. The van der Waals surface area contributed by atoms with Crippen LogP contribution in [0.4, 0.5) is 17.1 Å². The number of hydrogen-bond donors (Lipinski definition) is 2. The van der Waals surface area contributed by atoms with Crippen LogP contribution in [-0.4, -0.2) is 17.7 Å². The SMILES string of the molecule is O=C(Nc1cccc(Cl)c1Cl)c1cccc(NC2=C(Cl)C(=O)N(c3cc(Cl)cc(Cl)c3)C2=O)c1. The number of amides is 3. The molecule has 0 unspecified atom stereocenters. The highest BCUT2D eigenvalue weighted by Crippen LogP contribution is 2.34. The lowest BCUT2D eigenvalue weighted by molar-refractivity contribution is -0.120. The maximum atomic E-state index is 13.0. The summed E-state index contributed by atoms with van der Waals surface area (Å²) in [5.74, 6) is -1.90. The minimum absolute atomic E-state index is 0.154. The lowest BCUT2D eigenvalue weighted by Crippen LogP contribution is -2.32. The Morgan fingerprint density at radius 1 is 0.794 bits per heavy atom. The van der Waals surface area contributed by atoms with Gasteiger partial charge in [-0.25, -0.2) is 4.90 Å². The van der Waals surface area contributed by atoms with E-state index >= 15 is 0 Å². The minimum Gasteiger partial charge on any atom is -0.350 e. The third-order valence-electron chi connectivity index (χ3n) is 4.73. The second-order valence-electron chi connectivity index (χ2n) is 7.02. The van der Waals surface area contributed by atoms with Crippen molar-refractivity contribution in [2.24, 2.45) is 0 Å². The van der Waals surface area contributed by atoms with E-state index in [1.54, 1.807) is 36.4 Å². The molecule has 0 aromatic heterocycles. The Morgan fingerprint density at radius 3 is 2.18 bits per heavy atom. The Morgan fingerprint density at radius 2 is 1.47 bits per heavy atom. The molecular formula is C23H12Cl5N3O3. The predicted octanol–water partition coefficient (Wildman–Crippen LogP) is 6.99. The van der Waals surface area contributed by atoms with Crippen LogP contribution < -0.4 is 15.5 Å². The van der Waals surface area contributed by atoms with E-state index in [9.17, 15) is 14.4 Å². The van der Waals surface area contributed by atoms with E-state index < -0.39 is 17.7 Å². The van der Waals surface area contributed by atoms with Crippen molar-refractivity contribution in [1.29, 1.82) is 0 Å². The molecule has 1 aliphatic rings. The van der Waals surface area contributed by atoms with Crippen molar-refractivity contribution in [2.45, 2.75) is 0 Å². The van der Waals surface area contributed by atoms with Crippen LogP contribution in [0.3, 0.4) is 0 Å². The average molecular weight is 556 g/mol. The number of carbonyl (C=O) groups is 3. The maximum absolute atomic E-state index is 13.0. The Kier molecular flexibility index (Phi) is 7.07. The van der Waals surface area contributed by atoms with Gasteiger partial charge in [-0.2, -0.15) is 0 Å². The van der Waals surface area contributed by atoms with Crippen LogP contribution in [0.2, 0.25) is 20.1 Å². The van der Waals surface area contributed by atoms with Gasteiger partial charge in [0.05, 0.1) is 21.4 Å². The van der Waals surface area contributed by atoms with Gasteiger partial charge in [-0.3, -0.25) is 14.4 Å². The third kappa shape index (κ3) is 4.87. The Labute approximate surface area is 219 Å². The molecule has 0 atom stereocenters. The first-order chi connectivity index (χ1) is 16.2. The highest BCUT2D eigenvalue weighted by atomic mass is 35.5. The van der Waals surface area contributed by atoms with Crippen molar-refractivity contribution in [3.05, 3.63) is 97.0 Å². The largest absolute Gasteiger partial charge is 0.350 e. The number of hydrogen-bond acceptors (Lipinski definition) is 4. The zero-order chi connectivity index (χ0) is 24.6. The molecule has 1 aliphatic heterocycles. The number of nitrogens with zero attached hydrogens (tertiary/aromatic N) is 1. The highest BCUT2D eigenvalue weighted by Gasteiger charge is 2.39. The van der Waals surface area contributed by atoms with Crippen molar-refractivity contribution in [3.63, 3.8) is 0 Å². The van der Waals surface area contributed by atoms with Gasteiger partial charge in [-0.15, -0.1) is 0 Å². The first-order valence-electron chi connectivity index (χ1n) is 9.53. The Bertz CT molecular complexity index is 1370. The molecule has 4 rings (SSSR count). The zero-order valence-electron chi connectivity index (χ0n) is 16.8. The van der Waals surface area contributed by atoms with E-state index in [0.717, 1.165) is 4.90 Å². The zero-order valence-corrected chi connectivity index (χ0v) is 20.6. The summed E-state index contributed by atoms with van der Waals surface area (Å²) in [4.78, 5) is 39.2. The molecule has 0 saturated carbocycles. The van der Waals surface area contributed by atoms with Crippen LogP contribution in [0.15, 0.2) is 71.4 Å². The second kappa shape index (κ2) is 9.86. The molecule has 6 nitrogen and oxygen atoms in total. The summed E-state index contributed by atoms with van der Waals surface area (Å²) in [6.07, 6.45) is 0. The Balaban J connectivity index is 1.56. The van der Waals surface area contributed by atoms with Gasteiger partial charge in [-0.05, 0) is 48.5 Å². The summed E-state index contributed by atoms with van der Waals surface area (Å²) in [6.45, 7) is 0. The minimum atomic E-state index is -0.739. The van der Waals surface area contributed by atoms with Gasteiger partial charge in [0.15, 0.2) is 0 Å². The van der Waals surface area contributed by atoms with Gasteiger partial charge in [0, 0.05) is 21.3 Å². The van der Waals surface area contributed by atoms with Gasteiger partial charge in [0.1, 0.15) is 10.7 Å². The number of carbonyl (C=O) groups excluding carboxylic acids is 3. The summed E-state index contributed by atoms with van der Waals surface area (Å²) in [6, 6.07) is 15.4. The second-order valence-corrected chi connectivity index (χ2v) is 9.06. The quantitative estimate of drug-likeness (QED) is 0.333. The maximum Gasteiger partial charge on any atom is 0.283 e.